The lowest BCUT2D eigenvalue weighted by molar-refractivity contribution is -0.137. The van der Waals surface area contributed by atoms with Gasteiger partial charge in [-0.2, -0.15) is 13.2 Å². The summed E-state index contributed by atoms with van der Waals surface area (Å²) in [5.41, 5.74) is 6.31. The van der Waals surface area contributed by atoms with E-state index in [-0.39, 0.29) is 6.04 Å². The van der Waals surface area contributed by atoms with Crippen LogP contribution in [-0.2, 0) is 12.6 Å². The number of rotatable bonds is 1. The molecule has 3 N–H and O–H groups in total. The molecule has 0 aliphatic carbocycles. The van der Waals surface area contributed by atoms with Crippen LogP contribution in [0.4, 0.5) is 18.9 Å². The minimum atomic E-state index is -4.27. The van der Waals surface area contributed by atoms with Gasteiger partial charge in [0.2, 0.25) is 0 Å². The van der Waals surface area contributed by atoms with E-state index in [4.69, 9.17) is 5.73 Å². The summed E-state index contributed by atoms with van der Waals surface area (Å²) in [7, 11) is 0. The van der Waals surface area contributed by atoms with Crippen molar-refractivity contribution in [2.75, 3.05) is 11.9 Å². The Balaban J connectivity index is 2.30. The SMILES string of the molecule is NCC1Cc2cc(C(F)(F)F)ccc2N1. The van der Waals surface area contributed by atoms with Crippen molar-refractivity contribution >= 4 is 5.69 Å². The molecule has 1 atom stereocenters. The van der Waals surface area contributed by atoms with Crippen LogP contribution < -0.4 is 11.1 Å². The molecule has 15 heavy (non-hydrogen) atoms. The van der Waals surface area contributed by atoms with Crippen molar-refractivity contribution in [3.05, 3.63) is 29.3 Å². The van der Waals surface area contributed by atoms with Crippen molar-refractivity contribution in [1.82, 2.24) is 0 Å². The van der Waals surface area contributed by atoms with Crippen molar-refractivity contribution in [3.63, 3.8) is 0 Å². The normalized spacial score (nSPS) is 19.9. The van der Waals surface area contributed by atoms with Crippen LogP contribution in [0.3, 0.4) is 0 Å². The molecule has 0 bridgehead atoms. The fraction of sp³-hybridized carbons (Fsp3) is 0.400. The molecule has 5 heteroatoms. The molecule has 0 fully saturated rings. The highest BCUT2D eigenvalue weighted by Gasteiger charge is 2.32. The molecule has 0 amide bonds. The van der Waals surface area contributed by atoms with Gasteiger partial charge < -0.3 is 11.1 Å². The summed E-state index contributed by atoms with van der Waals surface area (Å²) >= 11 is 0. The monoisotopic (exact) mass is 216 g/mol. The van der Waals surface area contributed by atoms with E-state index in [0.29, 0.717) is 18.5 Å². The maximum Gasteiger partial charge on any atom is 0.416 e. The van der Waals surface area contributed by atoms with Gasteiger partial charge in [0.15, 0.2) is 0 Å². The third-order valence-corrected chi connectivity index (χ3v) is 2.54. The number of hydrogen-bond acceptors (Lipinski definition) is 2. The van der Waals surface area contributed by atoms with Gasteiger partial charge in [-0.05, 0) is 30.2 Å². The topological polar surface area (TPSA) is 38.0 Å². The summed E-state index contributed by atoms with van der Waals surface area (Å²) in [4.78, 5) is 0. The molecule has 1 unspecified atom stereocenters. The number of benzene rings is 1. The second-order valence-corrected chi connectivity index (χ2v) is 3.65. The lowest BCUT2D eigenvalue weighted by atomic mass is 10.1. The number of nitrogens with two attached hydrogens (primary N) is 1. The largest absolute Gasteiger partial charge is 0.416 e. The average molecular weight is 216 g/mol. The van der Waals surface area contributed by atoms with E-state index in [0.717, 1.165) is 11.8 Å². The van der Waals surface area contributed by atoms with Gasteiger partial charge in [-0.25, -0.2) is 0 Å². The predicted octanol–water partition coefficient (Wildman–Crippen LogP) is 2.00. The molecule has 1 aliphatic heterocycles. The molecular weight excluding hydrogens is 205 g/mol. The van der Waals surface area contributed by atoms with Crippen LogP contribution >= 0.6 is 0 Å². The first-order valence-corrected chi connectivity index (χ1v) is 4.67. The van der Waals surface area contributed by atoms with Gasteiger partial charge in [-0.3, -0.25) is 0 Å². The number of fused-ring (bicyclic) bond motifs is 1. The van der Waals surface area contributed by atoms with Gasteiger partial charge in [0.25, 0.3) is 0 Å². The molecule has 0 saturated heterocycles. The van der Waals surface area contributed by atoms with E-state index < -0.39 is 11.7 Å². The maximum atomic E-state index is 12.4. The summed E-state index contributed by atoms with van der Waals surface area (Å²) in [6.07, 6.45) is -3.70. The first-order chi connectivity index (χ1) is 7.00. The number of anilines is 1. The second-order valence-electron chi connectivity index (χ2n) is 3.65. The molecule has 1 aromatic carbocycles. The van der Waals surface area contributed by atoms with Crippen molar-refractivity contribution in [1.29, 1.82) is 0 Å². The minimum absolute atomic E-state index is 0.0588. The van der Waals surface area contributed by atoms with Crippen LogP contribution in [-0.4, -0.2) is 12.6 Å². The first-order valence-electron chi connectivity index (χ1n) is 4.67. The summed E-state index contributed by atoms with van der Waals surface area (Å²) < 4.78 is 37.2. The smallest absolute Gasteiger partial charge is 0.380 e. The van der Waals surface area contributed by atoms with Gasteiger partial charge in [0, 0.05) is 18.3 Å². The third kappa shape index (κ3) is 1.92. The maximum absolute atomic E-state index is 12.4. The van der Waals surface area contributed by atoms with Crippen molar-refractivity contribution in [2.45, 2.75) is 18.6 Å². The Hall–Kier alpha value is -1.23. The van der Waals surface area contributed by atoms with Crippen LogP contribution in [0.1, 0.15) is 11.1 Å². The van der Waals surface area contributed by atoms with E-state index in [1.807, 2.05) is 0 Å². The lowest BCUT2D eigenvalue weighted by Gasteiger charge is -2.08. The van der Waals surface area contributed by atoms with E-state index >= 15 is 0 Å². The number of hydrogen-bond donors (Lipinski definition) is 2. The van der Waals surface area contributed by atoms with Crippen molar-refractivity contribution in [3.8, 4) is 0 Å². The molecule has 1 aliphatic rings. The lowest BCUT2D eigenvalue weighted by Crippen LogP contribution is -2.25. The minimum Gasteiger partial charge on any atom is -0.380 e. The van der Waals surface area contributed by atoms with E-state index in [2.05, 4.69) is 5.32 Å². The van der Waals surface area contributed by atoms with Gasteiger partial charge >= 0.3 is 6.18 Å². The molecule has 0 saturated carbocycles. The summed E-state index contributed by atoms with van der Waals surface area (Å²) in [5, 5.41) is 3.07. The van der Waals surface area contributed by atoms with Crippen LogP contribution in [0.5, 0.6) is 0 Å². The predicted molar refractivity (Wildman–Crippen MR) is 51.6 cm³/mol. The molecule has 1 heterocycles. The van der Waals surface area contributed by atoms with Gasteiger partial charge in [0.05, 0.1) is 5.56 Å². The van der Waals surface area contributed by atoms with Crippen LogP contribution in [0.15, 0.2) is 18.2 Å². The number of halogens is 3. The fourth-order valence-corrected chi connectivity index (χ4v) is 1.76. The Morgan fingerprint density at radius 1 is 1.40 bits per heavy atom. The first kappa shape index (κ1) is 10.3. The Kier molecular flexibility index (Phi) is 2.34. The Bertz CT molecular complexity index is 373. The van der Waals surface area contributed by atoms with E-state index in [9.17, 15) is 13.2 Å². The molecule has 82 valence electrons. The Morgan fingerprint density at radius 3 is 2.73 bits per heavy atom. The number of alkyl halides is 3. The van der Waals surface area contributed by atoms with Crippen molar-refractivity contribution in [2.24, 2.45) is 5.73 Å². The number of nitrogens with one attached hydrogen (secondary N) is 1. The summed E-state index contributed by atoms with van der Waals surface area (Å²) in [6, 6.07) is 3.81. The van der Waals surface area contributed by atoms with Gasteiger partial charge in [-0.1, -0.05) is 0 Å². The van der Waals surface area contributed by atoms with E-state index in [1.54, 1.807) is 0 Å². The zero-order valence-electron chi connectivity index (χ0n) is 7.93. The zero-order valence-corrected chi connectivity index (χ0v) is 7.93. The standard InChI is InChI=1S/C10H11F3N2/c11-10(12,13)7-1-2-9-6(3-7)4-8(5-14)15-9/h1-3,8,15H,4-5,14H2. The third-order valence-electron chi connectivity index (χ3n) is 2.54. The molecule has 1 aromatic rings. The van der Waals surface area contributed by atoms with Gasteiger partial charge in [0.1, 0.15) is 0 Å². The quantitative estimate of drug-likeness (QED) is 0.753. The second kappa shape index (κ2) is 3.41. The molecule has 2 nitrogen and oxygen atoms in total. The fourth-order valence-electron chi connectivity index (χ4n) is 1.76. The average Bonchev–Trinajstić information content (AvgIpc) is 2.57. The zero-order chi connectivity index (χ0) is 11.1. The summed E-state index contributed by atoms with van der Waals surface area (Å²) in [5.74, 6) is 0. The summed E-state index contributed by atoms with van der Waals surface area (Å²) in [6.45, 7) is 0.427. The van der Waals surface area contributed by atoms with Crippen LogP contribution in [0.2, 0.25) is 0 Å². The van der Waals surface area contributed by atoms with Crippen molar-refractivity contribution < 1.29 is 13.2 Å². The van der Waals surface area contributed by atoms with Crippen LogP contribution in [0, 0.1) is 0 Å². The van der Waals surface area contributed by atoms with Gasteiger partial charge in [-0.15, -0.1) is 0 Å². The molecule has 0 aromatic heterocycles. The Morgan fingerprint density at radius 2 is 2.13 bits per heavy atom. The molecular formula is C10H11F3N2. The molecule has 0 radical (unpaired) electrons. The molecule has 2 rings (SSSR count). The highest BCUT2D eigenvalue weighted by molar-refractivity contribution is 5.58. The highest BCUT2D eigenvalue weighted by Crippen LogP contribution is 2.34. The molecule has 0 spiro atoms. The van der Waals surface area contributed by atoms with Crippen LogP contribution in [0.25, 0.3) is 0 Å². The van der Waals surface area contributed by atoms with E-state index in [1.165, 1.54) is 12.1 Å². The Labute approximate surface area is 85.3 Å². The highest BCUT2D eigenvalue weighted by atomic mass is 19.4.